The Morgan fingerprint density at radius 3 is 2.34 bits per heavy atom. The standard InChI is InChI=1S/C25H26ClFN8O2.C10H15N6O.F6P/c1-33(15-22(36)34-10-7-28-8-11-34)16-5-6-19(21(12-16)37-2)31-25-30-13-17(26)23(32-25)20-14-29-24-18(27)4-3-9-35(20)24;1-14(2)10(15(3)4)17-16-9-8(12-13-16)6-5-7-11-9;1-7(2,3,4,5)6/h3-6,9,12-14,28H,7-8,10-11,15H2,1-2H3,(H,30,31,32);5-7H,1-4H3;/q;+1;-1. The predicted octanol–water partition coefficient (Wildman–Crippen LogP) is 6.03. The van der Waals surface area contributed by atoms with Crippen LogP contribution in [0.2, 0.25) is 5.02 Å². The fraction of sp³-hybridized carbons (Fsp3) is 0.314. The molecule has 1 aliphatic rings. The quantitative estimate of drug-likeness (QED) is 0.0601. The molecular weight excluding hydrogens is 864 g/mol. The van der Waals surface area contributed by atoms with Crippen LogP contribution in [0.4, 0.5) is 46.9 Å². The zero-order valence-corrected chi connectivity index (χ0v) is 35.1. The van der Waals surface area contributed by atoms with Gasteiger partial charge in [0.15, 0.2) is 11.5 Å². The third kappa shape index (κ3) is 13.2. The van der Waals surface area contributed by atoms with Gasteiger partial charge < -0.3 is 25.2 Å². The van der Waals surface area contributed by atoms with Crippen LogP contribution in [0, 0.1) is 5.82 Å². The van der Waals surface area contributed by atoms with Crippen LogP contribution in [-0.4, -0.2) is 141 Å². The number of rotatable bonds is 8. The molecule has 0 atom stereocenters. The SMILES string of the molecule is CN(C)C(On1nnc2cccnc21)=[N+](C)C.COc1cc(N(C)CC(=O)N2CCNCC2)ccc1Nc1ncc(Cl)c(-c2cnc3c(F)cccn23)n1.F[P-](F)(F)(F)(F)F. The van der Waals surface area contributed by atoms with E-state index >= 15 is 0 Å². The Morgan fingerprint density at radius 2 is 1.69 bits per heavy atom. The summed E-state index contributed by atoms with van der Waals surface area (Å²) in [5.74, 6) is 0.469. The first-order valence-electron chi connectivity index (χ1n) is 17.9. The Labute approximate surface area is 348 Å². The molecule has 61 heavy (non-hydrogen) atoms. The van der Waals surface area contributed by atoms with Crippen LogP contribution < -0.4 is 25.1 Å². The van der Waals surface area contributed by atoms with E-state index in [0.29, 0.717) is 58.1 Å². The van der Waals surface area contributed by atoms with Gasteiger partial charge in [0, 0.05) is 57.4 Å². The van der Waals surface area contributed by atoms with Crippen molar-refractivity contribution in [2.75, 3.05) is 85.3 Å². The van der Waals surface area contributed by atoms with Crippen molar-refractivity contribution < 1.29 is 48.5 Å². The van der Waals surface area contributed by atoms with Gasteiger partial charge in [0.25, 0.3) is 0 Å². The van der Waals surface area contributed by atoms with Gasteiger partial charge in [-0.1, -0.05) is 11.6 Å². The molecule has 0 spiro atoms. The number of nitrogens with one attached hydrogen (secondary N) is 2. The van der Waals surface area contributed by atoms with E-state index in [-0.39, 0.29) is 24.0 Å². The number of ether oxygens (including phenoxy) is 1. The van der Waals surface area contributed by atoms with Gasteiger partial charge in [-0.05, 0) is 46.5 Å². The molecule has 2 N–H and O–H groups in total. The summed E-state index contributed by atoms with van der Waals surface area (Å²) < 4.78 is 82.3. The molecular formula is C35H41ClF7N14O3P. The van der Waals surface area contributed by atoms with E-state index in [1.54, 1.807) is 30.0 Å². The van der Waals surface area contributed by atoms with Crippen molar-refractivity contribution in [2.24, 2.45) is 0 Å². The van der Waals surface area contributed by atoms with Crippen LogP contribution in [0.1, 0.15) is 0 Å². The number of pyridine rings is 2. The van der Waals surface area contributed by atoms with E-state index in [2.05, 4.69) is 40.9 Å². The van der Waals surface area contributed by atoms with Gasteiger partial charge in [-0.15, -0.1) is 5.10 Å². The van der Waals surface area contributed by atoms with E-state index < -0.39 is 13.6 Å². The zero-order chi connectivity index (χ0) is 44.8. The molecule has 5 aromatic heterocycles. The van der Waals surface area contributed by atoms with Crippen molar-refractivity contribution in [3.63, 3.8) is 0 Å². The molecule has 0 unspecified atom stereocenters. The van der Waals surface area contributed by atoms with Crippen molar-refractivity contribution in [2.45, 2.75) is 0 Å². The number of fused-ring (bicyclic) bond motifs is 2. The number of imidazole rings is 1. The van der Waals surface area contributed by atoms with E-state index in [4.69, 9.17) is 21.2 Å². The Hall–Kier alpha value is -6.13. The fourth-order valence-electron chi connectivity index (χ4n) is 5.66. The number of carbonyl (C=O) groups is 1. The zero-order valence-electron chi connectivity index (χ0n) is 33.4. The number of halogens is 8. The number of nitrogens with zero attached hydrogens (tertiary/aromatic N) is 12. The van der Waals surface area contributed by atoms with Gasteiger partial charge in [-0.2, -0.15) is 0 Å². The van der Waals surface area contributed by atoms with Gasteiger partial charge in [0.05, 0.1) is 70.6 Å². The number of hydrogen-bond donors (Lipinski definition) is 2. The molecule has 0 aliphatic carbocycles. The Bertz CT molecular complexity index is 2520. The van der Waals surface area contributed by atoms with Crippen LogP contribution >= 0.6 is 19.4 Å². The second kappa shape index (κ2) is 17.8. The number of piperazine rings is 1. The molecule has 0 bridgehead atoms. The number of carbonyl (C=O) groups excluding carboxylic acids is 1. The van der Waals surface area contributed by atoms with Crippen molar-refractivity contribution >= 4 is 65.5 Å². The van der Waals surface area contributed by atoms with Gasteiger partial charge in [0.2, 0.25) is 17.5 Å². The normalized spacial score (nSPS) is 13.8. The van der Waals surface area contributed by atoms with Gasteiger partial charge >= 0.3 is 39.0 Å². The monoisotopic (exact) mass is 904 g/mol. The van der Waals surface area contributed by atoms with Gasteiger partial charge in [-0.25, -0.2) is 33.8 Å². The van der Waals surface area contributed by atoms with Crippen molar-refractivity contribution in [1.29, 1.82) is 0 Å². The van der Waals surface area contributed by atoms with Crippen LogP contribution in [-0.2, 0) is 4.79 Å². The number of likely N-dealkylation sites (N-methyl/N-ethyl adjacent to an activating group) is 1. The first-order valence-corrected chi connectivity index (χ1v) is 20.3. The Morgan fingerprint density at radius 1 is 0.984 bits per heavy atom. The van der Waals surface area contributed by atoms with Crippen LogP contribution in [0.15, 0.2) is 67.3 Å². The molecule has 6 heterocycles. The van der Waals surface area contributed by atoms with E-state index in [0.717, 1.165) is 18.8 Å². The number of methoxy groups -OCH3 is 1. The maximum atomic E-state index is 14.1. The molecule has 1 amide bonds. The maximum absolute atomic E-state index is 14.1. The summed E-state index contributed by atoms with van der Waals surface area (Å²) in [6.45, 7) is 3.32. The Balaban J connectivity index is 0.000000241. The average molecular weight is 905 g/mol. The summed E-state index contributed by atoms with van der Waals surface area (Å²) in [4.78, 5) is 42.4. The second-order valence-electron chi connectivity index (χ2n) is 13.5. The molecule has 1 fully saturated rings. The minimum atomic E-state index is -10.7. The first-order chi connectivity index (χ1) is 28.5. The summed E-state index contributed by atoms with van der Waals surface area (Å²) in [5, 5.41) is 14.6. The van der Waals surface area contributed by atoms with Gasteiger partial charge in [-0.3, -0.25) is 14.0 Å². The molecule has 1 aromatic carbocycles. The predicted molar refractivity (Wildman–Crippen MR) is 216 cm³/mol. The number of hydrogen-bond acceptors (Lipinski definition) is 12. The third-order valence-corrected chi connectivity index (χ3v) is 8.58. The molecule has 7 rings (SSSR count). The molecule has 6 aromatic rings. The van der Waals surface area contributed by atoms with Crippen molar-refractivity contribution in [3.8, 4) is 17.1 Å². The third-order valence-electron chi connectivity index (χ3n) is 8.30. The number of amides is 1. The molecule has 0 radical (unpaired) electrons. The van der Waals surface area contributed by atoms with E-state index in [9.17, 15) is 34.4 Å². The summed E-state index contributed by atoms with van der Waals surface area (Å²) in [5.41, 5.74) is 3.86. The summed E-state index contributed by atoms with van der Waals surface area (Å²) in [6, 6.07) is 12.8. The molecule has 26 heteroatoms. The first kappa shape index (κ1) is 45.9. The summed E-state index contributed by atoms with van der Waals surface area (Å²) >= 11 is 6.39. The van der Waals surface area contributed by atoms with Crippen molar-refractivity contribution in [3.05, 3.63) is 78.1 Å². The summed E-state index contributed by atoms with van der Waals surface area (Å²) in [7, 11) is 0.343. The molecule has 17 nitrogen and oxygen atoms in total. The molecule has 0 saturated carbocycles. The van der Waals surface area contributed by atoms with E-state index in [1.165, 1.54) is 23.3 Å². The molecule has 1 saturated heterocycles. The topological polar surface area (TPSA) is 159 Å². The Kier molecular flexibility index (Phi) is 13.4. The number of benzene rings is 1. The average Bonchev–Trinajstić information content (AvgIpc) is 3.82. The van der Waals surface area contributed by atoms with Crippen LogP contribution in [0.25, 0.3) is 28.2 Å². The number of aromatic nitrogens is 8. The number of anilines is 3. The van der Waals surface area contributed by atoms with Crippen LogP contribution in [0.5, 0.6) is 5.75 Å². The molecule has 1 aliphatic heterocycles. The summed E-state index contributed by atoms with van der Waals surface area (Å²) in [6.07, 6.45) is 6.36. The second-order valence-corrected chi connectivity index (χ2v) is 15.8. The minimum absolute atomic E-state index is 0.0829. The van der Waals surface area contributed by atoms with Gasteiger partial charge in [0.1, 0.15) is 17.0 Å². The fourth-order valence-corrected chi connectivity index (χ4v) is 5.84. The molecule has 330 valence electrons. The number of amidine groups is 1. The van der Waals surface area contributed by atoms with Crippen LogP contribution in [0.3, 0.4) is 0 Å². The van der Waals surface area contributed by atoms with Crippen molar-refractivity contribution in [1.82, 2.24) is 54.6 Å². The van der Waals surface area contributed by atoms with E-state index in [1.807, 2.05) is 84.8 Å².